The van der Waals surface area contributed by atoms with E-state index in [0.29, 0.717) is 16.5 Å². The molecule has 2 aromatic rings. The zero-order valence-electron chi connectivity index (χ0n) is 11.5. The van der Waals surface area contributed by atoms with Crippen LogP contribution in [-0.2, 0) is 0 Å². The van der Waals surface area contributed by atoms with E-state index in [2.05, 4.69) is 31.2 Å². The van der Waals surface area contributed by atoms with Gasteiger partial charge in [-0.3, -0.25) is 4.79 Å². The summed E-state index contributed by atoms with van der Waals surface area (Å²) < 4.78 is 0.719. The maximum Gasteiger partial charge on any atom is 0.276 e. The number of hydrogen-bond donors (Lipinski definition) is 2. The monoisotopic (exact) mass is 368 g/mol. The molecular weight excluding hydrogens is 356 g/mol. The summed E-state index contributed by atoms with van der Waals surface area (Å²) in [7, 11) is 0. The molecule has 1 aromatic heterocycles. The standard InChI is InChI=1S/C14H14BrClN4O/c1-7(2)13-18-6-10(17)12(20-13)14(21)19-11-5-8(16)3-4-9(11)15/h3-7H,17H2,1-2H3,(H,19,21). The fourth-order valence-electron chi connectivity index (χ4n) is 1.64. The Hall–Kier alpha value is -1.66. The summed E-state index contributed by atoms with van der Waals surface area (Å²) >= 11 is 9.27. The van der Waals surface area contributed by atoms with E-state index in [9.17, 15) is 4.79 Å². The molecular formula is C14H14BrClN4O. The Morgan fingerprint density at radius 2 is 2.14 bits per heavy atom. The van der Waals surface area contributed by atoms with Crippen molar-refractivity contribution in [3.63, 3.8) is 0 Å². The molecule has 1 heterocycles. The highest BCUT2D eigenvalue weighted by Crippen LogP contribution is 2.26. The Bertz CT molecular complexity index is 691. The third-order valence-corrected chi connectivity index (χ3v) is 3.67. The minimum absolute atomic E-state index is 0.107. The number of nitrogens with two attached hydrogens (primary N) is 1. The van der Waals surface area contributed by atoms with Gasteiger partial charge in [0.1, 0.15) is 5.82 Å². The Morgan fingerprint density at radius 1 is 1.43 bits per heavy atom. The van der Waals surface area contributed by atoms with Crippen molar-refractivity contribution in [2.24, 2.45) is 0 Å². The molecule has 3 N–H and O–H groups in total. The molecule has 0 atom stereocenters. The lowest BCUT2D eigenvalue weighted by atomic mass is 10.2. The van der Waals surface area contributed by atoms with Crippen molar-refractivity contribution in [2.45, 2.75) is 19.8 Å². The number of anilines is 2. The molecule has 2 rings (SSSR count). The number of hydrogen-bond acceptors (Lipinski definition) is 4. The number of nitrogen functional groups attached to an aromatic ring is 1. The van der Waals surface area contributed by atoms with Crippen LogP contribution in [0.15, 0.2) is 28.9 Å². The molecule has 0 aliphatic carbocycles. The molecule has 1 amide bonds. The summed E-state index contributed by atoms with van der Waals surface area (Å²) in [5.74, 6) is 0.273. The number of amides is 1. The molecule has 0 saturated carbocycles. The summed E-state index contributed by atoms with van der Waals surface area (Å²) in [4.78, 5) is 20.7. The van der Waals surface area contributed by atoms with Gasteiger partial charge in [0.15, 0.2) is 5.69 Å². The van der Waals surface area contributed by atoms with Gasteiger partial charge in [-0.25, -0.2) is 9.97 Å². The van der Waals surface area contributed by atoms with E-state index in [4.69, 9.17) is 17.3 Å². The van der Waals surface area contributed by atoms with E-state index < -0.39 is 5.91 Å². The number of benzene rings is 1. The van der Waals surface area contributed by atoms with Gasteiger partial charge in [-0.05, 0) is 34.1 Å². The molecule has 1 aromatic carbocycles. The third-order valence-electron chi connectivity index (χ3n) is 2.74. The smallest absolute Gasteiger partial charge is 0.276 e. The van der Waals surface area contributed by atoms with Crippen molar-refractivity contribution in [1.29, 1.82) is 0 Å². The number of carbonyl (C=O) groups is 1. The van der Waals surface area contributed by atoms with Crippen molar-refractivity contribution >= 4 is 44.8 Å². The van der Waals surface area contributed by atoms with Gasteiger partial charge in [0.2, 0.25) is 0 Å². The quantitative estimate of drug-likeness (QED) is 0.861. The molecule has 0 aliphatic heterocycles. The maximum absolute atomic E-state index is 12.3. The molecule has 0 aliphatic rings. The highest BCUT2D eigenvalue weighted by Gasteiger charge is 2.16. The van der Waals surface area contributed by atoms with Crippen molar-refractivity contribution in [1.82, 2.24) is 9.97 Å². The molecule has 0 fully saturated rings. The molecule has 21 heavy (non-hydrogen) atoms. The van der Waals surface area contributed by atoms with Crippen molar-refractivity contribution < 1.29 is 4.79 Å². The first-order valence-electron chi connectivity index (χ1n) is 6.27. The summed E-state index contributed by atoms with van der Waals surface area (Å²) in [6.45, 7) is 3.89. The fraction of sp³-hybridized carbons (Fsp3) is 0.214. The van der Waals surface area contributed by atoms with Gasteiger partial charge >= 0.3 is 0 Å². The first-order chi connectivity index (χ1) is 9.88. The molecule has 0 spiro atoms. The highest BCUT2D eigenvalue weighted by molar-refractivity contribution is 9.10. The van der Waals surface area contributed by atoms with E-state index in [1.807, 2.05) is 13.8 Å². The fourth-order valence-corrected chi connectivity index (χ4v) is 2.16. The predicted octanol–water partition coefficient (Wildman–Crippen LogP) is 3.85. The van der Waals surface area contributed by atoms with Crippen LogP contribution in [0.1, 0.15) is 36.1 Å². The summed E-state index contributed by atoms with van der Waals surface area (Å²) in [5.41, 5.74) is 6.73. The Morgan fingerprint density at radius 3 is 2.81 bits per heavy atom. The van der Waals surface area contributed by atoms with Gasteiger partial charge in [0, 0.05) is 15.4 Å². The minimum atomic E-state index is -0.403. The van der Waals surface area contributed by atoms with Crippen LogP contribution in [0.5, 0.6) is 0 Å². The van der Waals surface area contributed by atoms with E-state index in [0.717, 1.165) is 4.47 Å². The first-order valence-corrected chi connectivity index (χ1v) is 7.44. The Labute approximate surface area is 136 Å². The van der Waals surface area contributed by atoms with Crippen LogP contribution in [-0.4, -0.2) is 15.9 Å². The molecule has 5 nitrogen and oxygen atoms in total. The maximum atomic E-state index is 12.3. The third kappa shape index (κ3) is 3.71. The number of carbonyl (C=O) groups excluding carboxylic acids is 1. The van der Waals surface area contributed by atoms with Crippen molar-refractivity contribution in [2.75, 3.05) is 11.1 Å². The average Bonchev–Trinajstić information content (AvgIpc) is 2.43. The van der Waals surface area contributed by atoms with E-state index in [-0.39, 0.29) is 17.3 Å². The van der Waals surface area contributed by atoms with Crippen molar-refractivity contribution in [3.05, 3.63) is 45.4 Å². The SMILES string of the molecule is CC(C)c1ncc(N)c(C(=O)Nc2cc(Cl)ccc2Br)n1. The Balaban J connectivity index is 2.32. The molecule has 7 heteroatoms. The van der Waals surface area contributed by atoms with Gasteiger partial charge < -0.3 is 11.1 Å². The lowest BCUT2D eigenvalue weighted by Crippen LogP contribution is -2.18. The van der Waals surface area contributed by atoms with E-state index in [1.54, 1.807) is 18.2 Å². The lowest BCUT2D eigenvalue weighted by molar-refractivity contribution is 0.102. The van der Waals surface area contributed by atoms with Crippen LogP contribution in [0.25, 0.3) is 0 Å². The second-order valence-electron chi connectivity index (χ2n) is 4.77. The summed E-state index contributed by atoms with van der Waals surface area (Å²) in [6, 6.07) is 5.11. The molecule has 0 unspecified atom stereocenters. The minimum Gasteiger partial charge on any atom is -0.396 e. The van der Waals surface area contributed by atoms with Gasteiger partial charge in [-0.15, -0.1) is 0 Å². The zero-order chi connectivity index (χ0) is 15.6. The van der Waals surface area contributed by atoms with E-state index >= 15 is 0 Å². The van der Waals surface area contributed by atoms with Crippen LogP contribution in [0.4, 0.5) is 11.4 Å². The first kappa shape index (κ1) is 15.7. The van der Waals surface area contributed by atoms with Crippen LogP contribution >= 0.6 is 27.5 Å². The number of rotatable bonds is 3. The highest BCUT2D eigenvalue weighted by atomic mass is 79.9. The van der Waals surface area contributed by atoms with Gasteiger partial charge in [-0.2, -0.15) is 0 Å². The molecule has 0 saturated heterocycles. The topological polar surface area (TPSA) is 80.9 Å². The second-order valence-corrected chi connectivity index (χ2v) is 6.06. The van der Waals surface area contributed by atoms with Gasteiger partial charge in [0.25, 0.3) is 5.91 Å². The van der Waals surface area contributed by atoms with Crippen LogP contribution in [0.3, 0.4) is 0 Å². The van der Waals surface area contributed by atoms with Crippen LogP contribution in [0, 0.1) is 0 Å². The second kappa shape index (κ2) is 6.41. The Kier molecular flexibility index (Phi) is 4.80. The molecule has 110 valence electrons. The average molecular weight is 370 g/mol. The molecule has 0 radical (unpaired) electrons. The van der Waals surface area contributed by atoms with E-state index in [1.165, 1.54) is 6.20 Å². The number of aromatic nitrogens is 2. The summed E-state index contributed by atoms with van der Waals surface area (Å²) in [6.07, 6.45) is 1.45. The number of halogens is 2. The largest absolute Gasteiger partial charge is 0.396 e. The lowest BCUT2D eigenvalue weighted by Gasteiger charge is -2.11. The van der Waals surface area contributed by atoms with Crippen molar-refractivity contribution in [3.8, 4) is 0 Å². The van der Waals surface area contributed by atoms with Gasteiger partial charge in [-0.1, -0.05) is 25.4 Å². The predicted molar refractivity (Wildman–Crippen MR) is 87.6 cm³/mol. The van der Waals surface area contributed by atoms with Gasteiger partial charge in [0.05, 0.1) is 17.6 Å². The summed E-state index contributed by atoms with van der Waals surface area (Å²) in [5, 5.41) is 3.25. The normalized spacial score (nSPS) is 10.7. The van der Waals surface area contributed by atoms with Crippen LogP contribution < -0.4 is 11.1 Å². The number of nitrogens with one attached hydrogen (secondary N) is 1. The molecule has 0 bridgehead atoms. The van der Waals surface area contributed by atoms with Crippen LogP contribution in [0.2, 0.25) is 5.02 Å². The zero-order valence-corrected chi connectivity index (χ0v) is 13.9. The number of nitrogens with zero attached hydrogens (tertiary/aromatic N) is 2.